The number of hydrogen-bond acceptors (Lipinski definition) is 3. The second-order valence-corrected chi connectivity index (χ2v) is 5.32. The molecule has 0 amide bonds. The van der Waals surface area contributed by atoms with Crippen LogP contribution < -0.4 is 5.32 Å². The molecule has 0 heterocycles. The maximum Gasteiger partial charge on any atom is 0.169 e. The minimum atomic E-state index is -0.0796. The summed E-state index contributed by atoms with van der Waals surface area (Å²) in [4.78, 5) is 0. The van der Waals surface area contributed by atoms with Crippen molar-refractivity contribution in [2.24, 2.45) is 23.7 Å². The Morgan fingerprint density at radius 3 is 2.27 bits per heavy atom. The molecule has 0 aliphatic heterocycles. The molecule has 0 aromatic rings. The molecule has 15 heavy (non-hydrogen) atoms. The van der Waals surface area contributed by atoms with Crippen LogP contribution in [-0.2, 0) is 9.47 Å². The van der Waals surface area contributed by atoms with Gasteiger partial charge in [-0.05, 0) is 42.9 Å². The van der Waals surface area contributed by atoms with Crippen LogP contribution in [-0.4, -0.2) is 33.1 Å². The molecule has 0 aromatic carbocycles. The van der Waals surface area contributed by atoms with Crippen molar-refractivity contribution in [1.82, 2.24) is 5.32 Å². The highest BCUT2D eigenvalue weighted by Crippen LogP contribution is 2.65. The van der Waals surface area contributed by atoms with Gasteiger partial charge in [-0.2, -0.15) is 0 Å². The first-order chi connectivity index (χ1) is 7.35. The summed E-state index contributed by atoms with van der Waals surface area (Å²) in [6.07, 6.45) is 4.42. The molecule has 2 bridgehead atoms. The molecule has 0 aromatic heterocycles. The summed E-state index contributed by atoms with van der Waals surface area (Å²) in [6.45, 7) is 0.837. The van der Waals surface area contributed by atoms with E-state index in [2.05, 4.69) is 5.32 Å². The molecule has 0 radical (unpaired) electrons. The Morgan fingerprint density at radius 1 is 1.13 bits per heavy atom. The van der Waals surface area contributed by atoms with Crippen molar-refractivity contribution in [2.45, 2.75) is 31.6 Å². The summed E-state index contributed by atoms with van der Waals surface area (Å²) >= 11 is 0. The van der Waals surface area contributed by atoms with E-state index in [1.165, 1.54) is 19.3 Å². The van der Waals surface area contributed by atoms with Crippen LogP contribution in [0.15, 0.2) is 0 Å². The molecular weight excluding hydrogens is 190 g/mol. The van der Waals surface area contributed by atoms with E-state index < -0.39 is 0 Å². The van der Waals surface area contributed by atoms with Gasteiger partial charge in [0.2, 0.25) is 0 Å². The number of rotatable bonds is 5. The lowest BCUT2D eigenvalue weighted by atomic mass is 10.0. The van der Waals surface area contributed by atoms with Crippen molar-refractivity contribution in [3.8, 4) is 0 Å². The molecule has 3 nitrogen and oxygen atoms in total. The fourth-order valence-electron chi connectivity index (χ4n) is 4.09. The lowest BCUT2D eigenvalue weighted by Crippen LogP contribution is -2.33. The van der Waals surface area contributed by atoms with E-state index in [0.29, 0.717) is 0 Å². The standard InChI is InChI=1S/C12H21NO2/c1-14-9(15-2)6-13-12-10-7-3-4-8(5-7)11(10)12/h7-13H,3-6H2,1-2H3. The van der Waals surface area contributed by atoms with E-state index in [4.69, 9.17) is 9.47 Å². The molecule has 1 N–H and O–H groups in total. The van der Waals surface area contributed by atoms with Crippen LogP contribution in [0, 0.1) is 23.7 Å². The van der Waals surface area contributed by atoms with Crippen LogP contribution in [0.5, 0.6) is 0 Å². The SMILES string of the molecule is COC(CNC1C2C3CCC(C3)C12)OC. The summed E-state index contributed by atoms with van der Waals surface area (Å²) in [7, 11) is 3.40. The van der Waals surface area contributed by atoms with Crippen LogP contribution in [0.3, 0.4) is 0 Å². The summed E-state index contributed by atoms with van der Waals surface area (Å²) in [6, 6.07) is 0.782. The molecule has 3 fully saturated rings. The number of fused-ring (bicyclic) bond motifs is 5. The molecule has 86 valence electrons. The Hall–Kier alpha value is -0.120. The summed E-state index contributed by atoms with van der Waals surface area (Å²) in [5.74, 6) is 4.08. The highest BCUT2D eigenvalue weighted by molar-refractivity contribution is 5.16. The third-order valence-electron chi connectivity index (χ3n) is 4.78. The van der Waals surface area contributed by atoms with Gasteiger partial charge in [-0.15, -0.1) is 0 Å². The number of hydrogen-bond donors (Lipinski definition) is 1. The minimum Gasteiger partial charge on any atom is -0.355 e. The Kier molecular flexibility index (Phi) is 2.49. The number of methoxy groups -OCH3 is 2. The Labute approximate surface area is 91.5 Å². The monoisotopic (exact) mass is 211 g/mol. The topological polar surface area (TPSA) is 30.5 Å². The third-order valence-corrected chi connectivity index (χ3v) is 4.78. The van der Waals surface area contributed by atoms with Gasteiger partial charge < -0.3 is 14.8 Å². The molecule has 3 rings (SSSR count). The van der Waals surface area contributed by atoms with Crippen LogP contribution >= 0.6 is 0 Å². The van der Waals surface area contributed by atoms with E-state index in [9.17, 15) is 0 Å². The fourth-order valence-corrected chi connectivity index (χ4v) is 4.09. The molecule has 0 spiro atoms. The highest BCUT2D eigenvalue weighted by Gasteiger charge is 2.64. The van der Waals surface area contributed by atoms with Gasteiger partial charge >= 0.3 is 0 Å². The predicted octanol–water partition coefficient (Wildman–Crippen LogP) is 1.24. The minimum absolute atomic E-state index is 0.0796. The predicted molar refractivity (Wildman–Crippen MR) is 57.4 cm³/mol. The zero-order chi connectivity index (χ0) is 10.4. The molecule has 3 heteroatoms. The van der Waals surface area contributed by atoms with Gasteiger partial charge in [0.1, 0.15) is 0 Å². The van der Waals surface area contributed by atoms with E-state index in [1.54, 1.807) is 14.2 Å². The van der Waals surface area contributed by atoms with Crippen molar-refractivity contribution in [3.05, 3.63) is 0 Å². The summed E-state index contributed by atoms with van der Waals surface area (Å²) in [5, 5.41) is 3.61. The molecule has 4 atom stereocenters. The van der Waals surface area contributed by atoms with Crippen LogP contribution in [0.25, 0.3) is 0 Å². The highest BCUT2D eigenvalue weighted by atomic mass is 16.7. The van der Waals surface area contributed by atoms with Gasteiger partial charge in [0, 0.05) is 26.8 Å². The first kappa shape index (κ1) is 10.1. The average Bonchev–Trinajstić information content (AvgIpc) is 2.68. The fraction of sp³-hybridized carbons (Fsp3) is 1.00. The van der Waals surface area contributed by atoms with E-state index in [1.807, 2.05) is 0 Å². The van der Waals surface area contributed by atoms with Crippen LogP contribution in [0.4, 0.5) is 0 Å². The van der Waals surface area contributed by atoms with Crippen molar-refractivity contribution in [3.63, 3.8) is 0 Å². The molecule has 0 saturated heterocycles. The number of ether oxygens (including phenoxy) is 2. The van der Waals surface area contributed by atoms with Gasteiger partial charge in [-0.1, -0.05) is 0 Å². The smallest absolute Gasteiger partial charge is 0.169 e. The Bertz CT molecular complexity index is 226. The molecule has 3 aliphatic rings. The van der Waals surface area contributed by atoms with Gasteiger partial charge in [-0.25, -0.2) is 0 Å². The van der Waals surface area contributed by atoms with Crippen LogP contribution in [0.2, 0.25) is 0 Å². The van der Waals surface area contributed by atoms with Crippen molar-refractivity contribution >= 4 is 0 Å². The largest absolute Gasteiger partial charge is 0.355 e. The normalized spacial score (nSPS) is 46.2. The van der Waals surface area contributed by atoms with Crippen molar-refractivity contribution in [1.29, 1.82) is 0 Å². The number of nitrogens with one attached hydrogen (secondary N) is 1. The lowest BCUT2D eigenvalue weighted by molar-refractivity contribution is -0.0992. The quantitative estimate of drug-likeness (QED) is 0.694. The zero-order valence-corrected chi connectivity index (χ0v) is 9.61. The Balaban J connectivity index is 1.47. The van der Waals surface area contributed by atoms with E-state index >= 15 is 0 Å². The average molecular weight is 211 g/mol. The Morgan fingerprint density at radius 2 is 1.73 bits per heavy atom. The molecule has 3 aliphatic carbocycles. The first-order valence-electron chi connectivity index (χ1n) is 6.14. The van der Waals surface area contributed by atoms with E-state index in [0.717, 1.165) is 36.3 Å². The van der Waals surface area contributed by atoms with E-state index in [-0.39, 0.29) is 6.29 Å². The summed E-state index contributed by atoms with van der Waals surface area (Å²) < 4.78 is 10.4. The summed E-state index contributed by atoms with van der Waals surface area (Å²) in [5.41, 5.74) is 0. The van der Waals surface area contributed by atoms with Gasteiger partial charge in [0.25, 0.3) is 0 Å². The van der Waals surface area contributed by atoms with Gasteiger partial charge in [0.15, 0.2) is 6.29 Å². The zero-order valence-electron chi connectivity index (χ0n) is 9.61. The van der Waals surface area contributed by atoms with Crippen molar-refractivity contribution < 1.29 is 9.47 Å². The van der Waals surface area contributed by atoms with Crippen LogP contribution in [0.1, 0.15) is 19.3 Å². The first-order valence-corrected chi connectivity index (χ1v) is 6.14. The molecule has 4 unspecified atom stereocenters. The second kappa shape index (κ2) is 3.72. The van der Waals surface area contributed by atoms with Crippen molar-refractivity contribution in [2.75, 3.05) is 20.8 Å². The maximum absolute atomic E-state index is 5.18. The molecular formula is C12H21NO2. The second-order valence-electron chi connectivity index (χ2n) is 5.32. The third kappa shape index (κ3) is 1.52. The van der Waals surface area contributed by atoms with Gasteiger partial charge in [0.05, 0.1) is 0 Å². The van der Waals surface area contributed by atoms with Gasteiger partial charge in [-0.3, -0.25) is 0 Å². The lowest BCUT2D eigenvalue weighted by Gasteiger charge is -2.16. The maximum atomic E-state index is 5.18. The molecule has 3 saturated carbocycles.